The Balaban J connectivity index is 2.11. The number of hydrogen-bond donors (Lipinski definition) is 2. The Hall–Kier alpha value is -0.830. The highest BCUT2D eigenvalue weighted by atomic mass is 16.3. The molecule has 2 rings (SSSR count). The van der Waals surface area contributed by atoms with Crippen LogP contribution >= 0.6 is 0 Å². The van der Waals surface area contributed by atoms with Gasteiger partial charge in [0.25, 0.3) is 0 Å². The highest BCUT2D eigenvalue weighted by molar-refractivity contribution is 5.13. The SMILES string of the molecule is OC1CCCCC1c1cn[nH]c1. The molecule has 1 aliphatic rings. The van der Waals surface area contributed by atoms with Crippen LogP contribution in [0.25, 0.3) is 0 Å². The summed E-state index contributed by atoms with van der Waals surface area (Å²) in [7, 11) is 0. The molecule has 66 valence electrons. The summed E-state index contributed by atoms with van der Waals surface area (Å²) in [4.78, 5) is 0. The van der Waals surface area contributed by atoms with Crippen LogP contribution in [0.1, 0.15) is 37.2 Å². The average Bonchev–Trinajstić information content (AvgIpc) is 2.57. The molecular formula is C9H14N2O. The smallest absolute Gasteiger partial charge is 0.0609 e. The number of aromatic nitrogens is 2. The van der Waals surface area contributed by atoms with Gasteiger partial charge in [-0.3, -0.25) is 5.10 Å². The molecule has 1 aliphatic carbocycles. The van der Waals surface area contributed by atoms with E-state index in [1.807, 2.05) is 12.4 Å². The zero-order valence-corrected chi connectivity index (χ0v) is 7.03. The molecule has 0 bridgehead atoms. The molecule has 1 aromatic heterocycles. The third kappa shape index (κ3) is 1.37. The lowest BCUT2D eigenvalue weighted by Gasteiger charge is -2.26. The summed E-state index contributed by atoms with van der Waals surface area (Å²) >= 11 is 0. The van der Waals surface area contributed by atoms with E-state index in [1.165, 1.54) is 6.42 Å². The highest BCUT2D eigenvalue weighted by Crippen LogP contribution is 2.32. The van der Waals surface area contributed by atoms with Crippen LogP contribution in [0.15, 0.2) is 12.4 Å². The summed E-state index contributed by atoms with van der Waals surface area (Å²) in [5.41, 5.74) is 1.15. The average molecular weight is 166 g/mol. The molecule has 2 atom stereocenters. The van der Waals surface area contributed by atoms with Gasteiger partial charge in [-0.05, 0) is 18.4 Å². The molecule has 1 saturated carbocycles. The summed E-state index contributed by atoms with van der Waals surface area (Å²) in [6, 6.07) is 0. The van der Waals surface area contributed by atoms with Crippen LogP contribution in [0.3, 0.4) is 0 Å². The number of hydrogen-bond acceptors (Lipinski definition) is 2. The standard InChI is InChI=1S/C9H14N2O/c12-9-4-2-1-3-8(9)7-5-10-11-6-7/h5-6,8-9,12H,1-4H2,(H,10,11). The summed E-state index contributed by atoms with van der Waals surface area (Å²) < 4.78 is 0. The molecule has 0 aliphatic heterocycles. The van der Waals surface area contributed by atoms with Gasteiger partial charge in [0.1, 0.15) is 0 Å². The summed E-state index contributed by atoms with van der Waals surface area (Å²) in [5.74, 6) is 0.317. The first-order chi connectivity index (χ1) is 5.88. The summed E-state index contributed by atoms with van der Waals surface area (Å²) in [6.45, 7) is 0. The second-order valence-corrected chi connectivity index (χ2v) is 3.49. The Morgan fingerprint density at radius 1 is 1.42 bits per heavy atom. The Kier molecular flexibility index (Phi) is 2.13. The minimum absolute atomic E-state index is 0.156. The number of aliphatic hydroxyl groups excluding tert-OH is 1. The van der Waals surface area contributed by atoms with Crippen LogP contribution in [0.2, 0.25) is 0 Å². The van der Waals surface area contributed by atoms with Crippen LogP contribution in [-0.2, 0) is 0 Å². The van der Waals surface area contributed by atoms with Crippen molar-refractivity contribution in [1.82, 2.24) is 10.2 Å². The van der Waals surface area contributed by atoms with E-state index in [2.05, 4.69) is 10.2 Å². The highest BCUT2D eigenvalue weighted by Gasteiger charge is 2.24. The molecule has 1 aromatic rings. The van der Waals surface area contributed by atoms with Gasteiger partial charge in [0, 0.05) is 12.1 Å². The van der Waals surface area contributed by atoms with Gasteiger partial charge in [0.05, 0.1) is 12.3 Å². The van der Waals surface area contributed by atoms with Crippen LogP contribution in [0, 0.1) is 0 Å². The molecular weight excluding hydrogens is 152 g/mol. The second kappa shape index (κ2) is 3.27. The lowest BCUT2D eigenvalue weighted by molar-refractivity contribution is 0.106. The number of nitrogens with one attached hydrogen (secondary N) is 1. The van der Waals surface area contributed by atoms with Crippen molar-refractivity contribution in [2.45, 2.75) is 37.7 Å². The fourth-order valence-corrected chi connectivity index (χ4v) is 1.96. The molecule has 0 spiro atoms. The first kappa shape index (κ1) is 7.80. The van der Waals surface area contributed by atoms with Crippen molar-refractivity contribution in [2.24, 2.45) is 0 Å². The van der Waals surface area contributed by atoms with E-state index in [-0.39, 0.29) is 6.10 Å². The van der Waals surface area contributed by atoms with Gasteiger partial charge in [-0.2, -0.15) is 5.10 Å². The maximum absolute atomic E-state index is 9.70. The Morgan fingerprint density at radius 2 is 2.25 bits per heavy atom. The van der Waals surface area contributed by atoms with Crippen molar-refractivity contribution in [2.75, 3.05) is 0 Å². The fourth-order valence-electron chi connectivity index (χ4n) is 1.96. The lowest BCUT2D eigenvalue weighted by Crippen LogP contribution is -2.21. The molecule has 2 N–H and O–H groups in total. The van der Waals surface area contributed by atoms with Gasteiger partial charge in [-0.1, -0.05) is 12.8 Å². The van der Waals surface area contributed by atoms with Crippen LogP contribution in [0.4, 0.5) is 0 Å². The van der Waals surface area contributed by atoms with Gasteiger partial charge in [-0.15, -0.1) is 0 Å². The van der Waals surface area contributed by atoms with Gasteiger partial charge >= 0.3 is 0 Å². The molecule has 2 unspecified atom stereocenters. The molecule has 3 nitrogen and oxygen atoms in total. The molecule has 1 fully saturated rings. The molecule has 0 saturated heterocycles. The summed E-state index contributed by atoms with van der Waals surface area (Å²) in [5, 5.41) is 16.4. The normalized spacial score (nSPS) is 30.4. The zero-order chi connectivity index (χ0) is 8.39. The van der Waals surface area contributed by atoms with E-state index in [4.69, 9.17) is 0 Å². The van der Waals surface area contributed by atoms with Crippen LogP contribution in [0.5, 0.6) is 0 Å². The van der Waals surface area contributed by atoms with Gasteiger partial charge in [0.2, 0.25) is 0 Å². The number of aliphatic hydroxyl groups is 1. The fraction of sp³-hybridized carbons (Fsp3) is 0.667. The molecule has 3 heteroatoms. The van der Waals surface area contributed by atoms with Crippen molar-refractivity contribution in [3.63, 3.8) is 0 Å². The minimum Gasteiger partial charge on any atom is -0.392 e. The van der Waals surface area contributed by atoms with E-state index in [9.17, 15) is 5.11 Å². The van der Waals surface area contributed by atoms with E-state index in [1.54, 1.807) is 0 Å². The van der Waals surface area contributed by atoms with E-state index in [0.717, 1.165) is 24.8 Å². The zero-order valence-electron chi connectivity index (χ0n) is 7.03. The molecule has 0 amide bonds. The van der Waals surface area contributed by atoms with Crippen molar-refractivity contribution >= 4 is 0 Å². The van der Waals surface area contributed by atoms with Crippen LogP contribution in [-0.4, -0.2) is 21.4 Å². The first-order valence-electron chi connectivity index (χ1n) is 4.54. The third-order valence-electron chi connectivity index (χ3n) is 2.68. The molecule has 0 aromatic carbocycles. The van der Waals surface area contributed by atoms with Gasteiger partial charge in [-0.25, -0.2) is 0 Å². The Labute approximate surface area is 71.8 Å². The number of rotatable bonds is 1. The third-order valence-corrected chi connectivity index (χ3v) is 2.68. The largest absolute Gasteiger partial charge is 0.392 e. The topological polar surface area (TPSA) is 48.9 Å². The van der Waals surface area contributed by atoms with Crippen molar-refractivity contribution in [1.29, 1.82) is 0 Å². The van der Waals surface area contributed by atoms with Crippen LogP contribution < -0.4 is 0 Å². The number of nitrogens with zero attached hydrogens (tertiary/aromatic N) is 1. The second-order valence-electron chi connectivity index (χ2n) is 3.49. The minimum atomic E-state index is -0.156. The quantitative estimate of drug-likeness (QED) is 0.663. The summed E-state index contributed by atoms with van der Waals surface area (Å²) in [6.07, 6.45) is 7.98. The maximum Gasteiger partial charge on any atom is 0.0609 e. The van der Waals surface area contributed by atoms with Crippen molar-refractivity contribution in [3.05, 3.63) is 18.0 Å². The Morgan fingerprint density at radius 3 is 2.92 bits per heavy atom. The predicted octanol–water partition coefficient (Wildman–Crippen LogP) is 1.43. The van der Waals surface area contributed by atoms with E-state index < -0.39 is 0 Å². The van der Waals surface area contributed by atoms with Crippen molar-refractivity contribution in [3.8, 4) is 0 Å². The molecule has 1 heterocycles. The van der Waals surface area contributed by atoms with E-state index in [0.29, 0.717) is 5.92 Å². The van der Waals surface area contributed by atoms with Crippen molar-refractivity contribution < 1.29 is 5.11 Å². The van der Waals surface area contributed by atoms with Gasteiger partial charge in [0.15, 0.2) is 0 Å². The van der Waals surface area contributed by atoms with Gasteiger partial charge < -0.3 is 5.11 Å². The molecule has 12 heavy (non-hydrogen) atoms. The van der Waals surface area contributed by atoms with E-state index >= 15 is 0 Å². The Bertz CT molecular complexity index is 233. The predicted molar refractivity (Wildman–Crippen MR) is 45.8 cm³/mol. The lowest BCUT2D eigenvalue weighted by atomic mass is 9.83. The molecule has 0 radical (unpaired) electrons. The first-order valence-corrected chi connectivity index (χ1v) is 4.54. The number of aromatic amines is 1. The monoisotopic (exact) mass is 166 g/mol. The number of H-pyrrole nitrogens is 1. The maximum atomic E-state index is 9.70.